The molecule has 0 aromatic heterocycles. The fourth-order valence-electron chi connectivity index (χ4n) is 3.03. The van der Waals surface area contributed by atoms with E-state index in [-0.39, 0.29) is 12.1 Å². The van der Waals surface area contributed by atoms with Gasteiger partial charge in [0.25, 0.3) is 0 Å². The molecule has 1 saturated carbocycles. The fraction of sp³-hybridized carbons (Fsp3) is 0.526. The summed E-state index contributed by atoms with van der Waals surface area (Å²) < 4.78 is 10.6. The first-order valence-electron chi connectivity index (χ1n) is 8.24. The predicted octanol–water partition coefficient (Wildman–Crippen LogP) is 4.61. The van der Waals surface area contributed by atoms with Crippen LogP contribution in [-0.2, 0) is 9.53 Å². The zero-order chi connectivity index (χ0) is 15.8. The van der Waals surface area contributed by atoms with Crippen LogP contribution in [0, 0.1) is 5.92 Å². The second-order valence-corrected chi connectivity index (χ2v) is 5.97. The van der Waals surface area contributed by atoms with Crippen LogP contribution in [0.1, 0.15) is 51.0 Å². The molecule has 0 amide bonds. The van der Waals surface area contributed by atoms with E-state index < -0.39 is 0 Å². The van der Waals surface area contributed by atoms with Crippen molar-refractivity contribution in [3.8, 4) is 5.75 Å². The molecule has 1 aromatic rings. The highest BCUT2D eigenvalue weighted by molar-refractivity contribution is 5.87. The summed E-state index contributed by atoms with van der Waals surface area (Å²) in [6.07, 6.45) is 10.3. The maximum absolute atomic E-state index is 11.9. The fourth-order valence-corrected chi connectivity index (χ4v) is 3.03. The van der Waals surface area contributed by atoms with Gasteiger partial charge in [-0.05, 0) is 55.4 Å². The van der Waals surface area contributed by atoms with Crippen molar-refractivity contribution in [2.75, 3.05) is 7.11 Å². The van der Waals surface area contributed by atoms with Gasteiger partial charge in [0, 0.05) is 6.08 Å². The molecule has 1 aromatic carbocycles. The van der Waals surface area contributed by atoms with Crippen molar-refractivity contribution in [2.45, 2.75) is 51.6 Å². The summed E-state index contributed by atoms with van der Waals surface area (Å²) in [6.45, 7) is 2.23. The van der Waals surface area contributed by atoms with E-state index in [0.717, 1.165) is 30.1 Å². The lowest BCUT2D eigenvalue weighted by Crippen LogP contribution is -2.23. The monoisotopic (exact) mass is 302 g/mol. The van der Waals surface area contributed by atoms with Gasteiger partial charge in [0.2, 0.25) is 0 Å². The van der Waals surface area contributed by atoms with Crippen molar-refractivity contribution in [1.29, 1.82) is 0 Å². The summed E-state index contributed by atoms with van der Waals surface area (Å²) >= 11 is 0. The summed E-state index contributed by atoms with van der Waals surface area (Å²) in [5.41, 5.74) is 0.962. The van der Waals surface area contributed by atoms with Gasteiger partial charge in [-0.15, -0.1) is 0 Å². The molecule has 0 aliphatic heterocycles. The quantitative estimate of drug-likeness (QED) is 0.568. The molecule has 0 spiro atoms. The molecular formula is C19H26O3. The molecule has 1 fully saturated rings. The summed E-state index contributed by atoms with van der Waals surface area (Å²) in [6, 6.07) is 7.58. The molecule has 0 bridgehead atoms. The van der Waals surface area contributed by atoms with Crippen molar-refractivity contribution in [1.82, 2.24) is 0 Å². The minimum absolute atomic E-state index is 0.0983. The van der Waals surface area contributed by atoms with Crippen LogP contribution in [0.25, 0.3) is 6.08 Å². The maximum Gasteiger partial charge on any atom is 0.331 e. The molecule has 120 valence electrons. The first kappa shape index (κ1) is 16.6. The van der Waals surface area contributed by atoms with Crippen molar-refractivity contribution in [3.05, 3.63) is 35.9 Å². The molecule has 1 aliphatic rings. The zero-order valence-corrected chi connectivity index (χ0v) is 13.6. The van der Waals surface area contributed by atoms with E-state index in [4.69, 9.17) is 9.47 Å². The Morgan fingerprint density at radius 2 is 1.86 bits per heavy atom. The number of hydrogen-bond acceptors (Lipinski definition) is 3. The van der Waals surface area contributed by atoms with E-state index in [0.29, 0.717) is 0 Å². The van der Waals surface area contributed by atoms with Crippen LogP contribution in [0.5, 0.6) is 5.75 Å². The van der Waals surface area contributed by atoms with Crippen molar-refractivity contribution < 1.29 is 14.3 Å². The van der Waals surface area contributed by atoms with Gasteiger partial charge >= 0.3 is 5.97 Å². The van der Waals surface area contributed by atoms with Crippen LogP contribution < -0.4 is 4.74 Å². The minimum Gasteiger partial charge on any atom is -0.497 e. The number of benzene rings is 1. The highest BCUT2D eigenvalue weighted by atomic mass is 16.5. The Balaban J connectivity index is 1.76. The van der Waals surface area contributed by atoms with Gasteiger partial charge in [-0.1, -0.05) is 31.9 Å². The summed E-state index contributed by atoms with van der Waals surface area (Å²) in [5, 5.41) is 0. The highest BCUT2D eigenvalue weighted by Gasteiger charge is 2.22. The Labute approximate surface area is 133 Å². The number of methoxy groups -OCH3 is 1. The van der Waals surface area contributed by atoms with E-state index in [1.165, 1.54) is 31.8 Å². The molecule has 0 atom stereocenters. The van der Waals surface area contributed by atoms with E-state index >= 15 is 0 Å². The Kier molecular flexibility index (Phi) is 6.50. The van der Waals surface area contributed by atoms with E-state index in [1.807, 2.05) is 24.3 Å². The highest BCUT2D eigenvalue weighted by Crippen LogP contribution is 2.29. The second-order valence-electron chi connectivity index (χ2n) is 5.97. The normalized spacial score (nSPS) is 21.7. The number of esters is 1. The molecule has 0 radical (unpaired) electrons. The number of rotatable bonds is 6. The smallest absolute Gasteiger partial charge is 0.331 e. The van der Waals surface area contributed by atoms with Gasteiger partial charge in [0.1, 0.15) is 11.9 Å². The summed E-state index contributed by atoms with van der Waals surface area (Å²) in [4.78, 5) is 11.9. The van der Waals surface area contributed by atoms with Gasteiger partial charge < -0.3 is 9.47 Å². The second kappa shape index (κ2) is 8.62. The Bertz CT molecular complexity index is 482. The molecule has 2 rings (SSSR count). The van der Waals surface area contributed by atoms with E-state index in [2.05, 4.69) is 6.92 Å². The van der Waals surface area contributed by atoms with Gasteiger partial charge in [-0.2, -0.15) is 0 Å². The van der Waals surface area contributed by atoms with Crippen LogP contribution >= 0.6 is 0 Å². The molecule has 0 saturated heterocycles. The Hall–Kier alpha value is -1.77. The third-order valence-electron chi connectivity index (χ3n) is 4.30. The zero-order valence-electron chi connectivity index (χ0n) is 13.6. The average molecular weight is 302 g/mol. The lowest BCUT2D eigenvalue weighted by Gasteiger charge is -2.27. The van der Waals surface area contributed by atoms with Crippen molar-refractivity contribution in [3.63, 3.8) is 0 Å². The largest absolute Gasteiger partial charge is 0.497 e. The third-order valence-corrected chi connectivity index (χ3v) is 4.30. The third kappa shape index (κ3) is 5.21. The van der Waals surface area contributed by atoms with Crippen LogP contribution in [0.2, 0.25) is 0 Å². The lowest BCUT2D eigenvalue weighted by molar-refractivity contribution is -0.144. The van der Waals surface area contributed by atoms with Gasteiger partial charge in [0.15, 0.2) is 0 Å². The van der Waals surface area contributed by atoms with Crippen LogP contribution in [-0.4, -0.2) is 19.2 Å². The number of hydrogen-bond donors (Lipinski definition) is 0. The first-order valence-corrected chi connectivity index (χ1v) is 8.24. The van der Waals surface area contributed by atoms with Gasteiger partial charge in [0.05, 0.1) is 7.11 Å². The molecule has 1 aliphatic carbocycles. The Morgan fingerprint density at radius 3 is 2.45 bits per heavy atom. The SMILES string of the molecule is CCCC1CCC(OC(=O)C=Cc2ccc(OC)cc2)CC1. The van der Waals surface area contributed by atoms with Gasteiger partial charge in [-0.3, -0.25) is 0 Å². The predicted molar refractivity (Wildman–Crippen MR) is 88.8 cm³/mol. The van der Waals surface area contributed by atoms with Crippen molar-refractivity contribution in [2.24, 2.45) is 5.92 Å². The van der Waals surface area contributed by atoms with Crippen molar-refractivity contribution >= 4 is 12.0 Å². The molecule has 0 N–H and O–H groups in total. The van der Waals surface area contributed by atoms with Crippen LogP contribution in [0.4, 0.5) is 0 Å². The molecule has 3 nitrogen and oxygen atoms in total. The molecule has 0 unspecified atom stereocenters. The van der Waals surface area contributed by atoms with E-state index in [9.17, 15) is 4.79 Å². The lowest BCUT2D eigenvalue weighted by atomic mass is 9.85. The Morgan fingerprint density at radius 1 is 1.18 bits per heavy atom. The standard InChI is InChI=1S/C19H26O3/c1-3-4-15-7-12-18(13-8-15)22-19(20)14-9-16-5-10-17(21-2)11-6-16/h5-6,9-11,14-15,18H,3-4,7-8,12-13H2,1-2H3. The van der Waals surface area contributed by atoms with E-state index in [1.54, 1.807) is 13.2 Å². The number of carbonyl (C=O) groups excluding carboxylic acids is 1. The maximum atomic E-state index is 11.9. The molecule has 3 heteroatoms. The average Bonchev–Trinajstić information content (AvgIpc) is 2.55. The molecular weight excluding hydrogens is 276 g/mol. The summed E-state index contributed by atoms with van der Waals surface area (Å²) in [5.74, 6) is 1.40. The number of carbonyl (C=O) groups is 1. The molecule has 22 heavy (non-hydrogen) atoms. The van der Waals surface area contributed by atoms with Crippen LogP contribution in [0.3, 0.4) is 0 Å². The van der Waals surface area contributed by atoms with Crippen LogP contribution in [0.15, 0.2) is 30.3 Å². The number of ether oxygens (including phenoxy) is 2. The summed E-state index contributed by atoms with van der Waals surface area (Å²) in [7, 11) is 1.64. The van der Waals surface area contributed by atoms with Gasteiger partial charge in [-0.25, -0.2) is 4.79 Å². The minimum atomic E-state index is -0.241. The topological polar surface area (TPSA) is 35.5 Å². The molecule has 0 heterocycles. The first-order chi connectivity index (χ1) is 10.7.